The van der Waals surface area contributed by atoms with Gasteiger partial charge < -0.3 is 4.74 Å². The highest BCUT2D eigenvalue weighted by Crippen LogP contribution is 2.46. The Hall–Kier alpha value is -2.81. The average molecular weight is 659 g/mol. The van der Waals surface area contributed by atoms with Crippen molar-refractivity contribution in [2.45, 2.75) is 58.5 Å². The summed E-state index contributed by atoms with van der Waals surface area (Å²) in [5, 5.41) is 2.15. The number of carbonyl (C=O) groups excluding carboxylic acids is 1. The Kier molecular flexibility index (Phi) is 10.4. The lowest BCUT2D eigenvalue weighted by Crippen LogP contribution is -2.02. The van der Waals surface area contributed by atoms with Crippen molar-refractivity contribution in [2.75, 3.05) is 0 Å². The minimum atomic E-state index is -0.267. The minimum absolute atomic E-state index is 0.267. The van der Waals surface area contributed by atoms with Gasteiger partial charge in [0.15, 0.2) is 0 Å². The van der Waals surface area contributed by atoms with Crippen molar-refractivity contribution >= 4 is 62.7 Å². The van der Waals surface area contributed by atoms with Crippen LogP contribution < -0.4 is 0 Å². The van der Waals surface area contributed by atoms with E-state index in [1.54, 1.807) is 11.3 Å². The average Bonchev–Trinajstić information content (AvgIpc) is 3.86. The molecule has 5 aromatic heterocycles. The number of hydrogen-bond donors (Lipinski definition) is 0. The number of ether oxygens (including phenoxy) is 1. The largest absolute Gasteiger partial charge is 0.457 e. The molecule has 0 fully saturated rings. The molecule has 0 atom stereocenters. The lowest BCUT2D eigenvalue weighted by molar-refractivity contribution is 0.0478. The van der Waals surface area contributed by atoms with E-state index < -0.39 is 0 Å². The lowest BCUT2D eigenvalue weighted by Gasteiger charge is -2.03. The maximum absolute atomic E-state index is 12.7. The third kappa shape index (κ3) is 7.65. The molecule has 0 bridgehead atoms. The molecule has 0 N–H and O–H groups in total. The molecule has 0 spiro atoms. The van der Waals surface area contributed by atoms with Gasteiger partial charge in [-0.15, -0.1) is 56.7 Å². The predicted molar refractivity (Wildman–Crippen MR) is 190 cm³/mol. The molecular formula is C36H34O2S5. The molecule has 220 valence electrons. The molecule has 0 aliphatic carbocycles. The van der Waals surface area contributed by atoms with Crippen LogP contribution in [0.1, 0.15) is 66.2 Å². The lowest BCUT2D eigenvalue weighted by atomic mass is 10.0. The van der Waals surface area contributed by atoms with E-state index in [9.17, 15) is 4.79 Å². The van der Waals surface area contributed by atoms with Gasteiger partial charge >= 0.3 is 5.97 Å². The van der Waals surface area contributed by atoms with Gasteiger partial charge in [-0.25, -0.2) is 4.79 Å². The van der Waals surface area contributed by atoms with Crippen LogP contribution in [0.3, 0.4) is 0 Å². The number of rotatable bonds is 14. The molecule has 43 heavy (non-hydrogen) atoms. The maximum atomic E-state index is 12.7. The van der Waals surface area contributed by atoms with E-state index >= 15 is 0 Å². The Morgan fingerprint density at radius 1 is 0.628 bits per heavy atom. The maximum Gasteiger partial charge on any atom is 0.348 e. The fraction of sp³-hybridized carbons (Fsp3) is 0.250. The summed E-state index contributed by atoms with van der Waals surface area (Å²) in [6.07, 6.45) is 8.98. The van der Waals surface area contributed by atoms with Gasteiger partial charge in [-0.05, 0) is 77.9 Å². The van der Waals surface area contributed by atoms with Crippen LogP contribution in [0.5, 0.6) is 0 Å². The van der Waals surface area contributed by atoms with E-state index in [1.807, 2.05) is 76.5 Å². The first-order chi connectivity index (χ1) is 21.2. The Morgan fingerprint density at radius 3 is 2.09 bits per heavy atom. The van der Waals surface area contributed by atoms with E-state index in [2.05, 4.69) is 54.8 Å². The summed E-state index contributed by atoms with van der Waals surface area (Å²) < 4.78 is 5.56. The highest BCUT2D eigenvalue weighted by Gasteiger charge is 2.18. The number of thiophene rings is 5. The number of unbranched alkanes of at least 4 members (excludes halogenated alkanes) is 5. The van der Waals surface area contributed by atoms with Crippen LogP contribution in [0.15, 0.2) is 90.3 Å². The quantitative estimate of drug-likeness (QED) is 0.0860. The summed E-state index contributed by atoms with van der Waals surface area (Å²) in [7, 11) is 0. The second kappa shape index (κ2) is 14.8. The molecule has 5 heterocycles. The smallest absolute Gasteiger partial charge is 0.348 e. The molecule has 0 amide bonds. The van der Waals surface area contributed by atoms with Gasteiger partial charge in [-0.2, -0.15) is 0 Å². The zero-order valence-electron chi connectivity index (χ0n) is 24.2. The van der Waals surface area contributed by atoms with Crippen LogP contribution >= 0.6 is 56.7 Å². The van der Waals surface area contributed by atoms with Gasteiger partial charge in [0.05, 0.1) is 0 Å². The summed E-state index contributed by atoms with van der Waals surface area (Å²) in [5.41, 5.74) is 2.47. The van der Waals surface area contributed by atoms with Crippen molar-refractivity contribution in [1.29, 1.82) is 0 Å². The van der Waals surface area contributed by atoms with Crippen molar-refractivity contribution in [1.82, 2.24) is 0 Å². The van der Waals surface area contributed by atoms with Gasteiger partial charge in [-0.1, -0.05) is 75.4 Å². The number of hydrogen-bond acceptors (Lipinski definition) is 7. The number of carbonyl (C=O) groups is 1. The monoisotopic (exact) mass is 658 g/mol. The van der Waals surface area contributed by atoms with Crippen LogP contribution in [0.2, 0.25) is 0 Å². The molecule has 0 radical (unpaired) electrons. The molecule has 2 nitrogen and oxygen atoms in total. The summed E-state index contributed by atoms with van der Waals surface area (Å²) in [6.45, 7) is 2.57. The zero-order valence-corrected chi connectivity index (χ0v) is 28.3. The third-order valence-corrected chi connectivity index (χ3v) is 13.4. The normalized spacial score (nSPS) is 11.3. The van der Waals surface area contributed by atoms with Crippen LogP contribution in [0, 0.1) is 0 Å². The van der Waals surface area contributed by atoms with Crippen molar-refractivity contribution < 1.29 is 9.53 Å². The van der Waals surface area contributed by atoms with Crippen molar-refractivity contribution in [3.05, 3.63) is 106 Å². The molecule has 7 heteroatoms. The van der Waals surface area contributed by atoms with Crippen molar-refractivity contribution in [2.24, 2.45) is 0 Å². The van der Waals surface area contributed by atoms with E-state index in [-0.39, 0.29) is 12.6 Å². The zero-order chi connectivity index (χ0) is 29.4. The minimum Gasteiger partial charge on any atom is -0.457 e. The summed E-state index contributed by atoms with van der Waals surface area (Å²) in [4.78, 5) is 23.7. The standard InChI is InChI=1S/C36H34O2S5/c1-2-3-4-5-6-10-14-26-23-34(43-35(26)32-20-18-28(41-32)27-15-11-22-39-27)31-17-16-29(40-31)30-19-21-33(42-30)36(37)38-24-25-12-8-7-9-13-25/h7-9,11-13,15-23H,2-6,10,14,24H2,1H3. The fourth-order valence-corrected chi connectivity index (χ4v) is 10.3. The summed E-state index contributed by atoms with van der Waals surface area (Å²) in [6, 6.07) is 29.5. The first-order valence-corrected chi connectivity index (χ1v) is 19.0. The van der Waals surface area contributed by atoms with Crippen molar-refractivity contribution in [3.8, 4) is 39.0 Å². The van der Waals surface area contributed by atoms with E-state index in [1.165, 1.54) is 89.6 Å². The molecule has 0 saturated carbocycles. The first kappa shape index (κ1) is 30.2. The SMILES string of the molecule is CCCCCCCCc1cc(-c2ccc(-c3ccc(C(=O)OCc4ccccc4)s3)s2)sc1-c1ccc(-c2cccs2)s1. The Labute approximate surface area is 274 Å². The van der Waals surface area contributed by atoms with Gasteiger partial charge in [0.1, 0.15) is 11.5 Å². The topological polar surface area (TPSA) is 26.3 Å². The summed E-state index contributed by atoms with van der Waals surface area (Å²) in [5.74, 6) is -0.267. The van der Waals surface area contributed by atoms with Gasteiger partial charge in [0, 0.05) is 39.0 Å². The first-order valence-electron chi connectivity index (χ1n) is 14.9. The van der Waals surface area contributed by atoms with Crippen LogP contribution in [0.25, 0.3) is 39.0 Å². The third-order valence-electron chi connectivity index (χ3n) is 7.31. The highest BCUT2D eigenvalue weighted by molar-refractivity contribution is 7.29. The second-order valence-electron chi connectivity index (χ2n) is 10.5. The number of aryl methyl sites for hydroxylation is 1. The molecule has 6 rings (SSSR count). The Balaban J connectivity index is 1.19. The van der Waals surface area contributed by atoms with Crippen LogP contribution in [-0.2, 0) is 17.8 Å². The molecule has 0 unspecified atom stereocenters. The number of benzene rings is 1. The molecular weight excluding hydrogens is 625 g/mol. The van der Waals surface area contributed by atoms with E-state index in [0.717, 1.165) is 16.9 Å². The molecule has 6 aromatic rings. The second-order valence-corrected chi connectivity index (χ2v) is 15.8. The van der Waals surface area contributed by atoms with E-state index in [4.69, 9.17) is 4.74 Å². The van der Waals surface area contributed by atoms with Crippen LogP contribution in [-0.4, -0.2) is 5.97 Å². The van der Waals surface area contributed by atoms with Gasteiger partial charge in [-0.3, -0.25) is 0 Å². The molecule has 0 aliphatic heterocycles. The van der Waals surface area contributed by atoms with Gasteiger partial charge in [0.25, 0.3) is 0 Å². The van der Waals surface area contributed by atoms with E-state index in [0.29, 0.717) is 4.88 Å². The van der Waals surface area contributed by atoms with Crippen LogP contribution in [0.4, 0.5) is 0 Å². The Bertz CT molecular complexity index is 1730. The molecule has 1 aromatic carbocycles. The van der Waals surface area contributed by atoms with Gasteiger partial charge in [0.2, 0.25) is 0 Å². The Morgan fingerprint density at radius 2 is 1.30 bits per heavy atom. The predicted octanol–water partition coefficient (Wildman–Crippen LogP) is 12.9. The number of esters is 1. The summed E-state index contributed by atoms with van der Waals surface area (Å²) >= 11 is 8.95. The van der Waals surface area contributed by atoms with Crippen molar-refractivity contribution in [3.63, 3.8) is 0 Å². The molecule has 0 aliphatic rings. The highest BCUT2D eigenvalue weighted by atomic mass is 32.1. The fourth-order valence-electron chi connectivity index (χ4n) is 5.03. The molecule has 0 saturated heterocycles.